The maximum atomic E-state index is 12.1. The van der Waals surface area contributed by atoms with Crippen LogP contribution in [0.1, 0.15) is 319 Å². The summed E-state index contributed by atoms with van der Waals surface area (Å²) in [6.07, 6.45) is 32.6. The van der Waals surface area contributed by atoms with E-state index < -0.39 is 123 Å². The highest BCUT2D eigenvalue weighted by Gasteiger charge is 2.59. The summed E-state index contributed by atoms with van der Waals surface area (Å²) in [7, 11) is 0. The monoisotopic (exact) mass is 1930 g/mol. The summed E-state index contributed by atoms with van der Waals surface area (Å²) in [5.41, 5.74) is -3.90. The second-order valence-electron chi connectivity index (χ2n) is 34.9. The third-order valence-electron chi connectivity index (χ3n) is 23.4. The molecule has 4 unspecified atom stereocenters. The molecule has 6 aromatic carbocycles. The number of carbonyl (C=O) groups excluding carboxylic acids is 10. The van der Waals surface area contributed by atoms with Crippen LogP contribution in [0.25, 0.3) is 10.8 Å². The van der Waals surface area contributed by atoms with Crippen LogP contribution in [0.2, 0.25) is 0 Å². The molecule has 0 amide bonds. The van der Waals surface area contributed by atoms with Gasteiger partial charge in [-0.25, -0.2) is 9.59 Å². The number of rotatable bonds is 21. The Kier molecular flexibility index (Phi) is 66.5. The third-order valence-corrected chi connectivity index (χ3v) is 23.4. The third kappa shape index (κ3) is 62.5. The Balaban J connectivity index is 0. The molecular formula is C104H138F6O27-10. The minimum atomic E-state index is -4.61. The van der Waals surface area contributed by atoms with Crippen LogP contribution in [0, 0.1) is 70.5 Å². The normalized spacial score (nSPS) is 20.3. The van der Waals surface area contributed by atoms with Gasteiger partial charge < -0.3 is 125 Å². The van der Waals surface area contributed by atoms with Crippen molar-refractivity contribution in [2.24, 2.45) is 70.5 Å². The van der Waals surface area contributed by atoms with E-state index in [1.165, 1.54) is 135 Å². The largest absolute Gasteiger partial charge is 0.550 e. The van der Waals surface area contributed by atoms with Crippen LogP contribution in [0.4, 0.5) is 26.3 Å². The molecule has 10 saturated carbocycles. The SMILES string of the molecule is C1CC2CC1C1C3CCC(C3)C21.C1CC2CCC1C2.CC(=O)[O-].CC(=O)[O-].CC(=O)[O-].CC(=O)[O-].CC(=O)[O-].CC(=O)[O-].CCCC(=O)[O-].CCCCCCCC(=O)[O-].CCCCCCCCCCCC(=O)[O-].O=C(O)c1cc(C(F)(F)F)ccc1O.O=C(O)c1ccc(C(F)(F)F)cc1O.O=C([O-])C12CC3CC(CC(C3)C1)C2.Oc1ccccc1.c1ccc2ccccc2c1.c1ccccc1. The van der Waals surface area contributed by atoms with Crippen LogP contribution in [0.5, 0.6) is 17.2 Å². The molecule has 10 bridgehead atoms. The number of aliphatic carboxylic acids is 10. The number of benzene rings is 6. The maximum absolute atomic E-state index is 12.1. The highest BCUT2D eigenvalue weighted by molar-refractivity contribution is 5.91. The van der Waals surface area contributed by atoms with Gasteiger partial charge in [0.2, 0.25) is 0 Å². The van der Waals surface area contributed by atoms with E-state index in [0.29, 0.717) is 66.3 Å². The summed E-state index contributed by atoms with van der Waals surface area (Å²) >= 11 is 0. The number of phenols is 3. The van der Waals surface area contributed by atoms with Gasteiger partial charge in [0.05, 0.1) is 11.1 Å². The minimum Gasteiger partial charge on any atom is -0.550 e. The molecule has 0 saturated heterocycles. The van der Waals surface area contributed by atoms with Gasteiger partial charge >= 0.3 is 24.3 Å². The van der Waals surface area contributed by atoms with Crippen molar-refractivity contribution in [1.82, 2.24) is 0 Å². The van der Waals surface area contributed by atoms with Crippen molar-refractivity contribution in [3.8, 4) is 17.2 Å². The molecule has 10 fully saturated rings. The van der Waals surface area contributed by atoms with Crippen molar-refractivity contribution in [3.63, 3.8) is 0 Å². The number of para-hydroxylation sites is 1. The number of hydrogen-bond donors (Lipinski definition) is 5. The van der Waals surface area contributed by atoms with Crippen molar-refractivity contribution < 1.29 is 160 Å². The fraction of sp³-hybridized carbons (Fsp3) is 0.558. The second kappa shape index (κ2) is 71.7. The van der Waals surface area contributed by atoms with Crippen LogP contribution >= 0.6 is 0 Å². The first-order chi connectivity index (χ1) is 64.3. The van der Waals surface area contributed by atoms with Crippen molar-refractivity contribution >= 4 is 82.4 Å². The summed E-state index contributed by atoms with van der Waals surface area (Å²) in [6.45, 7) is 12.0. The van der Waals surface area contributed by atoms with E-state index >= 15 is 0 Å². The lowest BCUT2D eigenvalue weighted by Gasteiger charge is -2.57. The number of halogens is 6. The molecule has 137 heavy (non-hydrogen) atoms. The van der Waals surface area contributed by atoms with Gasteiger partial charge in [0.1, 0.15) is 28.4 Å². The van der Waals surface area contributed by atoms with Gasteiger partial charge in [-0.3, -0.25) is 0 Å². The van der Waals surface area contributed by atoms with Gasteiger partial charge in [0.15, 0.2) is 0 Å². The van der Waals surface area contributed by atoms with E-state index in [2.05, 4.69) is 62.4 Å². The Hall–Kier alpha value is -11.8. The highest BCUT2D eigenvalue weighted by atomic mass is 19.4. The zero-order valence-corrected chi connectivity index (χ0v) is 80.0. The second-order valence-corrected chi connectivity index (χ2v) is 34.9. The molecule has 0 radical (unpaired) electrons. The Labute approximate surface area is 800 Å². The summed E-state index contributed by atoms with van der Waals surface area (Å²) in [5, 5.41) is 140. The molecule has 27 nitrogen and oxygen atoms in total. The van der Waals surface area contributed by atoms with E-state index in [4.69, 9.17) is 84.9 Å². The van der Waals surface area contributed by atoms with Crippen molar-refractivity contribution in [3.05, 3.63) is 174 Å². The summed E-state index contributed by atoms with van der Waals surface area (Å²) in [4.78, 5) is 115. The van der Waals surface area contributed by atoms with Gasteiger partial charge in [-0.1, -0.05) is 233 Å². The lowest BCUT2D eigenvalue weighted by atomic mass is 9.49. The number of aromatic hydroxyl groups is 3. The topological polar surface area (TPSA) is 537 Å². The van der Waals surface area contributed by atoms with E-state index in [-0.39, 0.29) is 19.3 Å². The molecule has 10 aliphatic rings. The van der Waals surface area contributed by atoms with Gasteiger partial charge in [0.25, 0.3) is 0 Å². The molecule has 10 aliphatic carbocycles. The minimum absolute atomic E-state index is 0.181. The molecule has 6 aromatic rings. The zero-order chi connectivity index (χ0) is 104. The predicted molar refractivity (Wildman–Crippen MR) is 482 cm³/mol. The van der Waals surface area contributed by atoms with Crippen LogP contribution in [-0.2, 0) is 60.3 Å². The number of unbranched alkanes of at least 4 members (excludes halogenated alkanes) is 12. The first-order valence-electron chi connectivity index (χ1n) is 46.6. The van der Waals surface area contributed by atoms with Crippen LogP contribution in [0.15, 0.2) is 152 Å². The quantitative estimate of drug-likeness (QED) is 0.0254. The van der Waals surface area contributed by atoms with Gasteiger partial charge in [-0.15, -0.1) is 0 Å². The molecule has 0 aliphatic heterocycles. The Morgan fingerprint density at radius 2 is 0.584 bits per heavy atom. The fourth-order valence-corrected chi connectivity index (χ4v) is 18.4. The number of alkyl halides is 6. The molecule has 4 atom stereocenters. The number of carboxylic acids is 12. The standard InChI is InChI=1S/C12H24O2.C12H18.C11H16O2.C10H8.2C8H5F3O3.C8H16O2.C7H12.C6H6O.C6H6.C4H8O2.6C2H4O2/c1-2-3-4-5-6-7-8-9-10-11-12(13)14;1-2-8-5-7(1)11-9-3-4-10(6-9)12(8)11;12-10(13)11-4-7-1-8(5-11)3-9(2-7)6-11;1-2-6-10-8-4-3-7-9(10)5-1;9-8(10,11)4-1-2-6(12)5(3-4)7(13)14;9-8(10,11)4-1-2-5(7(13)14)6(12)3-4;1-2-3-4-5-6-7-8(9)10;1-2-7-4-3-6(1)5-7;7-6-4-2-1-3-5-6;1-2-4-6-5-3-1;1-2-3-4(5)6;6*1-2(3)4/h2-11H2,1H3,(H,13,14);7-12H,1-6H2;7-9H,1-6H2,(H,12,13);1-8H;2*1-3,12H,(H,13,14);2-7H2,1H3,(H,9,10);6-7H,1-5H2;1-5,7H;1-6H;2-3H2,1H3,(H,5,6);6*1H3,(H,3,4)/p-10. The van der Waals surface area contributed by atoms with Gasteiger partial charge in [-0.05, 0) is 282 Å². The molecule has 5 N–H and O–H groups in total. The Bertz CT molecular complexity index is 4140. The van der Waals surface area contributed by atoms with Gasteiger partial charge in [0, 0.05) is 65.1 Å². The molecule has 0 heterocycles. The summed E-state index contributed by atoms with van der Waals surface area (Å²) < 4.78 is 72.4. The summed E-state index contributed by atoms with van der Waals surface area (Å²) in [5.74, 6) is -2.62. The molecular weight excluding hydrogens is 1800 g/mol. The van der Waals surface area contributed by atoms with E-state index in [9.17, 15) is 75.5 Å². The van der Waals surface area contributed by atoms with Crippen LogP contribution in [0.3, 0.4) is 0 Å². The van der Waals surface area contributed by atoms with E-state index in [0.717, 1.165) is 92.9 Å². The average molecular weight is 1930 g/mol. The first-order valence-corrected chi connectivity index (χ1v) is 46.6. The smallest absolute Gasteiger partial charge is 0.416 e. The number of phenolic OH excluding ortho intramolecular Hbond substituents is 1. The molecule has 768 valence electrons. The molecule has 33 heteroatoms. The number of aromatic carboxylic acids is 2. The number of carboxylic acid groups (broad SMARTS) is 12. The van der Waals surface area contributed by atoms with Crippen LogP contribution < -0.4 is 51.1 Å². The summed E-state index contributed by atoms with van der Waals surface area (Å²) in [6, 6.07) is 40.8. The van der Waals surface area contributed by atoms with Crippen molar-refractivity contribution in [1.29, 1.82) is 0 Å². The van der Waals surface area contributed by atoms with Crippen molar-refractivity contribution in [2.75, 3.05) is 0 Å². The Morgan fingerprint density at radius 3 is 0.818 bits per heavy atom. The van der Waals surface area contributed by atoms with Crippen LogP contribution in [-0.4, -0.2) is 97.2 Å². The number of fused-ring (bicyclic) bond motifs is 12. The zero-order valence-electron chi connectivity index (χ0n) is 80.0. The van der Waals surface area contributed by atoms with E-state index in [1.807, 2.05) is 42.5 Å². The molecule has 0 spiro atoms. The molecule has 16 rings (SSSR count). The lowest BCUT2D eigenvalue weighted by Crippen LogP contribution is -2.54. The highest BCUT2D eigenvalue weighted by Crippen LogP contribution is 2.67. The predicted octanol–water partition coefficient (Wildman–Crippen LogP) is 12.2. The molecule has 0 aromatic heterocycles. The number of hydrogen-bond acceptors (Lipinski definition) is 25. The number of carbonyl (C=O) groups is 12. The fourth-order valence-electron chi connectivity index (χ4n) is 18.4. The van der Waals surface area contributed by atoms with Crippen molar-refractivity contribution in [2.45, 2.75) is 299 Å². The Morgan fingerprint density at radius 1 is 0.314 bits per heavy atom. The maximum Gasteiger partial charge on any atom is 0.416 e. The first kappa shape index (κ1) is 127. The average Bonchev–Trinajstić information content (AvgIpc) is 1.59. The lowest BCUT2D eigenvalue weighted by molar-refractivity contribution is -0.327. The van der Waals surface area contributed by atoms with E-state index in [1.54, 1.807) is 102 Å². The van der Waals surface area contributed by atoms with Gasteiger partial charge in [-0.2, -0.15) is 26.3 Å².